The highest BCUT2D eigenvalue weighted by molar-refractivity contribution is 7.89. The third-order valence-corrected chi connectivity index (χ3v) is 5.39. The Bertz CT molecular complexity index is 1030. The van der Waals surface area contributed by atoms with Gasteiger partial charge in [0.05, 0.1) is 15.9 Å². The summed E-state index contributed by atoms with van der Waals surface area (Å²) in [5.74, 6) is -1.07. The van der Waals surface area contributed by atoms with Crippen molar-refractivity contribution in [1.82, 2.24) is 14.3 Å². The molecule has 5 nitrogen and oxygen atoms in total. The second kappa shape index (κ2) is 6.90. The second-order valence-corrected chi connectivity index (χ2v) is 7.63. The van der Waals surface area contributed by atoms with E-state index in [4.69, 9.17) is 11.6 Å². The van der Waals surface area contributed by atoms with Gasteiger partial charge in [-0.05, 0) is 36.4 Å². The molecule has 1 aromatic heterocycles. The van der Waals surface area contributed by atoms with Crippen molar-refractivity contribution in [3.8, 4) is 0 Å². The van der Waals surface area contributed by atoms with Crippen LogP contribution in [0.25, 0.3) is 11.0 Å². The number of rotatable bonds is 5. The molecule has 2 aromatic carbocycles. The van der Waals surface area contributed by atoms with Gasteiger partial charge >= 0.3 is 6.18 Å². The van der Waals surface area contributed by atoms with Crippen LogP contribution >= 0.6 is 11.6 Å². The minimum absolute atomic E-state index is 0.0200. The maximum atomic E-state index is 13.2. The zero-order valence-electron chi connectivity index (χ0n) is 13.2. The van der Waals surface area contributed by atoms with Gasteiger partial charge in [0.25, 0.3) is 0 Å². The van der Waals surface area contributed by atoms with Crippen molar-refractivity contribution in [1.29, 1.82) is 0 Å². The first-order chi connectivity index (χ1) is 12.2. The number of hydrogen-bond acceptors (Lipinski definition) is 3. The third-order valence-electron chi connectivity index (χ3n) is 3.66. The van der Waals surface area contributed by atoms with Crippen molar-refractivity contribution in [2.45, 2.75) is 17.6 Å². The zero-order chi connectivity index (χ0) is 18.9. The molecular weight excluding hydrogens is 391 g/mol. The summed E-state index contributed by atoms with van der Waals surface area (Å²) in [4.78, 5) is 3.59. The molecule has 0 fully saturated rings. The number of halogens is 4. The Labute approximate surface area is 152 Å². The van der Waals surface area contributed by atoms with Crippen LogP contribution in [0.3, 0.4) is 0 Å². The SMILES string of the molecule is O=S(=O)(NCCn1c(C(F)(F)F)nc2ccccc21)c1ccc(Cl)cc1. The van der Waals surface area contributed by atoms with Gasteiger partial charge in [-0.15, -0.1) is 0 Å². The minimum Gasteiger partial charge on any atom is -0.319 e. The molecule has 0 aliphatic carbocycles. The number of sulfonamides is 1. The van der Waals surface area contributed by atoms with Crippen molar-refractivity contribution in [2.24, 2.45) is 0 Å². The molecule has 3 aromatic rings. The first kappa shape index (κ1) is 18.7. The average Bonchev–Trinajstić information content (AvgIpc) is 2.94. The number of alkyl halides is 3. The topological polar surface area (TPSA) is 64.0 Å². The third kappa shape index (κ3) is 3.84. The smallest absolute Gasteiger partial charge is 0.319 e. The summed E-state index contributed by atoms with van der Waals surface area (Å²) in [6.07, 6.45) is -4.64. The number of para-hydroxylation sites is 2. The van der Waals surface area contributed by atoms with Crippen LogP contribution in [-0.2, 0) is 22.7 Å². The number of nitrogens with one attached hydrogen (secondary N) is 1. The lowest BCUT2D eigenvalue weighted by Crippen LogP contribution is -2.28. The Morgan fingerprint density at radius 2 is 1.73 bits per heavy atom. The van der Waals surface area contributed by atoms with Gasteiger partial charge in [0.15, 0.2) is 0 Å². The molecule has 0 atom stereocenters. The van der Waals surface area contributed by atoms with Crippen LogP contribution in [0, 0.1) is 0 Å². The molecule has 0 radical (unpaired) electrons. The number of nitrogens with zero attached hydrogens (tertiary/aromatic N) is 2. The van der Waals surface area contributed by atoms with E-state index in [2.05, 4.69) is 9.71 Å². The van der Waals surface area contributed by atoms with E-state index in [1.54, 1.807) is 12.1 Å². The number of imidazole rings is 1. The fourth-order valence-corrected chi connectivity index (χ4v) is 3.65. The van der Waals surface area contributed by atoms with Gasteiger partial charge in [-0.25, -0.2) is 18.1 Å². The zero-order valence-corrected chi connectivity index (χ0v) is 14.7. The molecule has 0 saturated heterocycles. The highest BCUT2D eigenvalue weighted by atomic mass is 35.5. The molecule has 0 unspecified atom stereocenters. The molecular formula is C16H13ClF3N3O2S. The van der Waals surface area contributed by atoms with Crippen LogP contribution in [-0.4, -0.2) is 24.5 Å². The van der Waals surface area contributed by atoms with Crippen LogP contribution in [0.5, 0.6) is 0 Å². The Hall–Kier alpha value is -2.10. The molecule has 3 rings (SSSR count). The summed E-state index contributed by atoms with van der Waals surface area (Å²) < 4.78 is 67.3. The van der Waals surface area contributed by atoms with E-state index in [1.165, 1.54) is 36.4 Å². The number of benzene rings is 2. The first-order valence-corrected chi connectivity index (χ1v) is 9.32. The van der Waals surface area contributed by atoms with Gasteiger partial charge in [0.2, 0.25) is 15.8 Å². The van der Waals surface area contributed by atoms with E-state index in [0.717, 1.165) is 4.57 Å². The lowest BCUT2D eigenvalue weighted by atomic mass is 10.3. The van der Waals surface area contributed by atoms with E-state index in [-0.39, 0.29) is 29.0 Å². The summed E-state index contributed by atoms with van der Waals surface area (Å²) in [6, 6.07) is 11.6. The van der Waals surface area contributed by atoms with Crippen LogP contribution in [0.4, 0.5) is 13.2 Å². The quantitative estimate of drug-likeness (QED) is 0.706. The van der Waals surface area contributed by atoms with Crippen molar-refractivity contribution in [3.63, 3.8) is 0 Å². The predicted octanol–water partition coefficient (Wildman–Crippen LogP) is 3.69. The Morgan fingerprint density at radius 3 is 2.38 bits per heavy atom. The lowest BCUT2D eigenvalue weighted by molar-refractivity contribution is -0.146. The molecule has 0 amide bonds. The summed E-state index contributed by atoms with van der Waals surface area (Å²) in [5, 5.41) is 0.378. The molecule has 1 N–H and O–H groups in total. The van der Waals surface area contributed by atoms with E-state index < -0.39 is 22.0 Å². The standard InChI is InChI=1S/C16H13ClF3N3O2S/c17-11-5-7-12(8-6-11)26(24,25)21-9-10-23-14-4-2-1-3-13(14)22-15(23)16(18,19)20/h1-8,21H,9-10H2. The van der Waals surface area contributed by atoms with Gasteiger partial charge in [0, 0.05) is 18.1 Å². The van der Waals surface area contributed by atoms with E-state index in [0.29, 0.717) is 5.02 Å². The summed E-state index contributed by atoms with van der Waals surface area (Å²) in [5.41, 5.74) is 0.478. The van der Waals surface area contributed by atoms with Gasteiger partial charge < -0.3 is 4.57 Å². The average molecular weight is 404 g/mol. The van der Waals surface area contributed by atoms with E-state index in [1.807, 2.05) is 0 Å². The Balaban J connectivity index is 1.83. The maximum absolute atomic E-state index is 13.2. The monoisotopic (exact) mass is 403 g/mol. The Kier molecular flexibility index (Phi) is 4.96. The van der Waals surface area contributed by atoms with Crippen LogP contribution in [0.15, 0.2) is 53.4 Å². The maximum Gasteiger partial charge on any atom is 0.449 e. The van der Waals surface area contributed by atoms with Crippen LogP contribution < -0.4 is 4.72 Å². The minimum atomic E-state index is -4.64. The highest BCUT2D eigenvalue weighted by Gasteiger charge is 2.37. The summed E-state index contributed by atoms with van der Waals surface area (Å²) in [7, 11) is -3.86. The van der Waals surface area contributed by atoms with Gasteiger partial charge in [-0.3, -0.25) is 0 Å². The normalized spacial score (nSPS) is 12.6. The van der Waals surface area contributed by atoms with E-state index >= 15 is 0 Å². The van der Waals surface area contributed by atoms with Crippen molar-refractivity contribution >= 4 is 32.7 Å². The fourth-order valence-electron chi connectivity index (χ4n) is 2.51. The van der Waals surface area contributed by atoms with Gasteiger partial charge in [0.1, 0.15) is 0 Å². The molecule has 1 heterocycles. The van der Waals surface area contributed by atoms with Crippen molar-refractivity contribution in [3.05, 3.63) is 59.4 Å². The van der Waals surface area contributed by atoms with E-state index in [9.17, 15) is 21.6 Å². The van der Waals surface area contributed by atoms with Crippen molar-refractivity contribution in [2.75, 3.05) is 6.54 Å². The predicted molar refractivity (Wildman–Crippen MR) is 91.4 cm³/mol. The number of aromatic nitrogens is 2. The summed E-state index contributed by atoms with van der Waals surface area (Å²) in [6.45, 7) is -0.448. The highest BCUT2D eigenvalue weighted by Crippen LogP contribution is 2.31. The number of hydrogen-bond donors (Lipinski definition) is 1. The fraction of sp³-hybridized carbons (Fsp3) is 0.188. The molecule has 0 saturated carbocycles. The van der Waals surface area contributed by atoms with Crippen LogP contribution in [0.1, 0.15) is 5.82 Å². The molecule has 10 heteroatoms. The van der Waals surface area contributed by atoms with Gasteiger partial charge in [-0.2, -0.15) is 13.2 Å². The molecule has 0 spiro atoms. The molecule has 0 aliphatic rings. The largest absolute Gasteiger partial charge is 0.449 e. The Morgan fingerprint density at radius 1 is 1.08 bits per heavy atom. The van der Waals surface area contributed by atoms with Crippen LogP contribution in [0.2, 0.25) is 5.02 Å². The lowest BCUT2D eigenvalue weighted by Gasteiger charge is -2.12. The van der Waals surface area contributed by atoms with Crippen molar-refractivity contribution < 1.29 is 21.6 Å². The molecule has 0 aliphatic heterocycles. The van der Waals surface area contributed by atoms with Gasteiger partial charge in [-0.1, -0.05) is 23.7 Å². The second-order valence-electron chi connectivity index (χ2n) is 5.43. The molecule has 0 bridgehead atoms. The number of fused-ring (bicyclic) bond motifs is 1. The first-order valence-electron chi connectivity index (χ1n) is 7.46. The molecule has 138 valence electrons. The molecule has 26 heavy (non-hydrogen) atoms. The summed E-state index contributed by atoms with van der Waals surface area (Å²) >= 11 is 5.72.